The third-order valence-corrected chi connectivity index (χ3v) is 2.37. The van der Waals surface area contributed by atoms with Gasteiger partial charge in [0.1, 0.15) is 0 Å². The molecule has 0 fully saturated rings. The molecule has 0 saturated carbocycles. The molecule has 0 aliphatic carbocycles. The van der Waals surface area contributed by atoms with Crippen molar-refractivity contribution in [2.24, 2.45) is 11.8 Å². The molecule has 1 unspecified atom stereocenters. The highest BCUT2D eigenvalue weighted by Crippen LogP contribution is 2.14. The summed E-state index contributed by atoms with van der Waals surface area (Å²) >= 11 is 0. The Morgan fingerprint density at radius 3 is 1.92 bits per heavy atom. The van der Waals surface area contributed by atoms with Crippen molar-refractivity contribution < 1.29 is 4.79 Å². The van der Waals surface area contributed by atoms with E-state index >= 15 is 0 Å². The summed E-state index contributed by atoms with van der Waals surface area (Å²) < 4.78 is 0. The van der Waals surface area contributed by atoms with Crippen LogP contribution in [0.1, 0.15) is 41.0 Å². The van der Waals surface area contributed by atoms with Crippen molar-refractivity contribution in [3.05, 3.63) is 0 Å². The minimum absolute atomic E-state index is 0.160. The van der Waals surface area contributed by atoms with E-state index in [1.54, 1.807) is 0 Å². The molecule has 0 N–H and O–H groups in total. The zero-order valence-corrected chi connectivity index (χ0v) is 9.79. The molecule has 0 spiro atoms. The van der Waals surface area contributed by atoms with Crippen molar-refractivity contribution >= 4 is 5.91 Å². The molecule has 2 nitrogen and oxygen atoms in total. The minimum atomic E-state index is 0.160. The molecule has 0 rings (SSSR count). The molecule has 78 valence electrons. The Morgan fingerprint density at radius 1 is 1.15 bits per heavy atom. The fraction of sp³-hybridized carbons (Fsp3) is 0.909. The molecule has 0 aromatic carbocycles. The smallest absolute Gasteiger partial charge is 0.225 e. The predicted octanol–water partition coefficient (Wildman–Crippen LogP) is 2.54. The molecule has 1 atom stereocenters. The van der Waals surface area contributed by atoms with E-state index in [1.807, 2.05) is 32.7 Å². The zero-order chi connectivity index (χ0) is 10.6. The first kappa shape index (κ1) is 12.5. The Hall–Kier alpha value is -0.530. The number of carbonyl (C=O) groups is 1. The largest absolute Gasteiger partial charge is 0.343 e. The topological polar surface area (TPSA) is 20.3 Å². The second-order valence-corrected chi connectivity index (χ2v) is 4.57. The fourth-order valence-corrected chi connectivity index (χ4v) is 1.41. The van der Waals surface area contributed by atoms with Gasteiger partial charge in [0.15, 0.2) is 0 Å². The fourth-order valence-electron chi connectivity index (χ4n) is 1.41. The lowest BCUT2D eigenvalue weighted by Crippen LogP contribution is -2.37. The van der Waals surface area contributed by atoms with E-state index in [9.17, 15) is 4.79 Å². The van der Waals surface area contributed by atoms with Crippen molar-refractivity contribution in [1.82, 2.24) is 4.90 Å². The summed E-state index contributed by atoms with van der Waals surface area (Å²) in [5.74, 6) is 1.02. The van der Waals surface area contributed by atoms with E-state index < -0.39 is 0 Å². The van der Waals surface area contributed by atoms with Gasteiger partial charge in [0.2, 0.25) is 5.91 Å². The van der Waals surface area contributed by atoms with Gasteiger partial charge in [-0.2, -0.15) is 0 Å². The second kappa shape index (κ2) is 5.25. The van der Waals surface area contributed by atoms with Gasteiger partial charge < -0.3 is 4.90 Å². The minimum Gasteiger partial charge on any atom is -0.343 e. The van der Waals surface area contributed by atoms with Gasteiger partial charge in [-0.3, -0.25) is 4.79 Å². The molecule has 0 bridgehead atoms. The molecule has 0 aliphatic rings. The van der Waals surface area contributed by atoms with Gasteiger partial charge in [-0.05, 0) is 26.2 Å². The molecule has 1 amide bonds. The SMILES string of the molecule is CC(C)CC(C)C(=O)N(C)C(C)C. The van der Waals surface area contributed by atoms with Crippen molar-refractivity contribution in [1.29, 1.82) is 0 Å². The highest BCUT2D eigenvalue weighted by molar-refractivity contribution is 5.78. The van der Waals surface area contributed by atoms with Crippen LogP contribution in [0.3, 0.4) is 0 Å². The van der Waals surface area contributed by atoms with Crippen LogP contribution >= 0.6 is 0 Å². The zero-order valence-electron chi connectivity index (χ0n) is 9.79. The van der Waals surface area contributed by atoms with Crippen LogP contribution in [0.4, 0.5) is 0 Å². The molecule has 0 aliphatic heterocycles. The van der Waals surface area contributed by atoms with Crippen molar-refractivity contribution in [2.75, 3.05) is 7.05 Å². The highest BCUT2D eigenvalue weighted by Gasteiger charge is 2.19. The number of hydrogen-bond acceptors (Lipinski definition) is 1. The summed E-state index contributed by atoms with van der Waals surface area (Å²) in [7, 11) is 1.88. The molecule has 2 heteroatoms. The molecular weight excluding hydrogens is 162 g/mol. The van der Waals surface area contributed by atoms with Crippen LogP contribution in [0.25, 0.3) is 0 Å². The number of rotatable bonds is 4. The average molecular weight is 185 g/mol. The molecule has 0 aromatic rings. The van der Waals surface area contributed by atoms with E-state index in [0.29, 0.717) is 12.0 Å². The molecule has 0 radical (unpaired) electrons. The average Bonchev–Trinajstić information content (AvgIpc) is 2.00. The van der Waals surface area contributed by atoms with E-state index in [1.165, 1.54) is 0 Å². The summed E-state index contributed by atoms with van der Waals surface area (Å²) in [6.07, 6.45) is 0.982. The maximum atomic E-state index is 11.7. The molecule has 0 heterocycles. The van der Waals surface area contributed by atoms with Crippen LogP contribution in [0, 0.1) is 11.8 Å². The number of amides is 1. The Morgan fingerprint density at radius 2 is 1.62 bits per heavy atom. The Labute approximate surface area is 82.3 Å². The quantitative estimate of drug-likeness (QED) is 0.659. The van der Waals surface area contributed by atoms with Gasteiger partial charge in [-0.15, -0.1) is 0 Å². The molecule has 13 heavy (non-hydrogen) atoms. The van der Waals surface area contributed by atoms with Crippen LogP contribution in [0.15, 0.2) is 0 Å². The molecular formula is C11H23NO. The van der Waals surface area contributed by atoms with Crippen LogP contribution in [0.5, 0.6) is 0 Å². The Kier molecular flexibility index (Phi) is 5.04. The summed E-state index contributed by atoms with van der Waals surface area (Å²) in [5.41, 5.74) is 0. The monoisotopic (exact) mass is 185 g/mol. The Balaban J connectivity index is 4.09. The summed E-state index contributed by atoms with van der Waals surface area (Å²) in [6, 6.07) is 0.308. The number of hydrogen-bond donors (Lipinski definition) is 0. The lowest BCUT2D eigenvalue weighted by Gasteiger charge is -2.25. The van der Waals surface area contributed by atoms with Gasteiger partial charge in [-0.1, -0.05) is 20.8 Å². The standard InChI is InChI=1S/C11H23NO/c1-8(2)7-10(5)11(13)12(6)9(3)4/h8-10H,7H2,1-6H3. The third kappa shape index (κ3) is 4.30. The van der Waals surface area contributed by atoms with Crippen molar-refractivity contribution in [3.8, 4) is 0 Å². The first-order valence-corrected chi connectivity index (χ1v) is 5.13. The van der Waals surface area contributed by atoms with Gasteiger partial charge in [0.25, 0.3) is 0 Å². The first-order valence-electron chi connectivity index (χ1n) is 5.13. The lowest BCUT2D eigenvalue weighted by atomic mass is 9.97. The van der Waals surface area contributed by atoms with Crippen LogP contribution in [0.2, 0.25) is 0 Å². The number of nitrogens with zero attached hydrogens (tertiary/aromatic N) is 1. The predicted molar refractivity (Wildman–Crippen MR) is 56.5 cm³/mol. The van der Waals surface area contributed by atoms with Gasteiger partial charge in [-0.25, -0.2) is 0 Å². The summed E-state index contributed by atoms with van der Waals surface area (Å²) in [5, 5.41) is 0. The van der Waals surface area contributed by atoms with Gasteiger partial charge in [0.05, 0.1) is 0 Å². The Bertz CT molecular complexity index is 163. The lowest BCUT2D eigenvalue weighted by molar-refractivity contribution is -0.135. The number of carbonyl (C=O) groups excluding carboxylic acids is 1. The van der Waals surface area contributed by atoms with Crippen LogP contribution < -0.4 is 0 Å². The van der Waals surface area contributed by atoms with Crippen molar-refractivity contribution in [2.45, 2.75) is 47.1 Å². The molecule has 0 saturated heterocycles. The van der Waals surface area contributed by atoms with E-state index in [-0.39, 0.29) is 11.8 Å². The van der Waals surface area contributed by atoms with E-state index in [2.05, 4.69) is 13.8 Å². The summed E-state index contributed by atoms with van der Waals surface area (Å²) in [4.78, 5) is 13.6. The van der Waals surface area contributed by atoms with Crippen LogP contribution in [-0.2, 0) is 4.79 Å². The second-order valence-electron chi connectivity index (χ2n) is 4.57. The van der Waals surface area contributed by atoms with E-state index in [0.717, 1.165) is 6.42 Å². The normalized spacial score (nSPS) is 13.5. The van der Waals surface area contributed by atoms with Crippen molar-refractivity contribution in [3.63, 3.8) is 0 Å². The van der Waals surface area contributed by atoms with Gasteiger partial charge in [0, 0.05) is 19.0 Å². The maximum Gasteiger partial charge on any atom is 0.225 e. The highest BCUT2D eigenvalue weighted by atomic mass is 16.2. The van der Waals surface area contributed by atoms with Crippen LogP contribution in [-0.4, -0.2) is 23.9 Å². The first-order chi connectivity index (χ1) is 5.86. The summed E-state index contributed by atoms with van der Waals surface area (Å²) in [6.45, 7) is 10.4. The van der Waals surface area contributed by atoms with Gasteiger partial charge >= 0.3 is 0 Å². The maximum absolute atomic E-state index is 11.7. The molecule has 0 aromatic heterocycles. The van der Waals surface area contributed by atoms with E-state index in [4.69, 9.17) is 0 Å². The third-order valence-electron chi connectivity index (χ3n) is 2.37.